The van der Waals surface area contributed by atoms with Gasteiger partial charge in [-0.25, -0.2) is 9.18 Å². The molecule has 0 saturated heterocycles. The number of halogens is 1. The van der Waals surface area contributed by atoms with Crippen LogP contribution in [-0.4, -0.2) is 20.3 Å². The minimum atomic E-state index is -1.05. The molecule has 2 aromatic rings. The number of rotatable bonds is 3. The molecule has 2 heterocycles. The number of hydrogen-bond acceptors (Lipinski definition) is 2. The van der Waals surface area contributed by atoms with Crippen molar-refractivity contribution >= 4 is 11.0 Å². The second kappa shape index (κ2) is 5.62. The van der Waals surface area contributed by atoms with E-state index in [1.54, 1.807) is 12.4 Å². The molecule has 1 saturated carbocycles. The van der Waals surface area contributed by atoms with Gasteiger partial charge in [-0.05, 0) is 44.6 Å². The van der Waals surface area contributed by atoms with Crippen LogP contribution < -0.4 is 5.69 Å². The molecule has 2 aromatic heterocycles. The van der Waals surface area contributed by atoms with Crippen LogP contribution in [-0.2, 0) is 6.54 Å². The van der Waals surface area contributed by atoms with Crippen LogP contribution in [0.4, 0.5) is 4.39 Å². The number of aromatic nitrogens is 3. The van der Waals surface area contributed by atoms with Crippen LogP contribution in [0.2, 0.25) is 0 Å². The van der Waals surface area contributed by atoms with Gasteiger partial charge in [-0.3, -0.25) is 14.1 Å². The summed E-state index contributed by atoms with van der Waals surface area (Å²) >= 11 is 0. The van der Waals surface area contributed by atoms with Gasteiger partial charge >= 0.3 is 5.69 Å². The quantitative estimate of drug-likeness (QED) is 0.870. The summed E-state index contributed by atoms with van der Waals surface area (Å²) in [6.45, 7) is 3.84. The Balaban J connectivity index is 2.10. The van der Waals surface area contributed by atoms with Crippen LogP contribution in [0.1, 0.15) is 45.6 Å². The standard InChI is InChI=1S/C16H22FN3O/c1-11-3-5-13(6-4-11)20-14-7-8-18-9-15(14)19(16(20)21)10-12(2)17/h7-9,11-13H,3-6,10H2,1-2H3. The van der Waals surface area contributed by atoms with Gasteiger partial charge < -0.3 is 0 Å². The molecular formula is C16H22FN3O. The summed E-state index contributed by atoms with van der Waals surface area (Å²) in [6, 6.07) is 2.10. The van der Waals surface area contributed by atoms with Gasteiger partial charge in [0.25, 0.3) is 0 Å². The van der Waals surface area contributed by atoms with Crippen LogP contribution in [0.3, 0.4) is 0 Å². The molecule has 0 aromatic carbocycles. The summed E-state index contributed by atoms with van der Waals surface area (Å²) in [4.78, 5) is 16.8. The molecule has 4 nitrogen and oxygen atoms in total. The summed E-state index contributed by atoms with van der Waals surface area (Å²) < 4.78 is 16.8. The Kier molecular flexibility index (Phi) is 3.83. The first-order valence-electron chi connectivity index (χ1n) is 7.76. The van der Waals surface area contributed by atoms with E-state index in [4.69, 9.17) is 0 Å². The summed E-state index contributed by atoms with van der Waals surface area (Å²) in [7, 11) is 0. The summed E-state index contributed by atoms with van der Waals surface area (Å²) in [5.41, 5.74) is 1.53. The second-order valence-corrected chi connectivity index (χ2v) is 6.32. The molecule has 1 aliphatic carbocycles. The van der Waals surface area contributed by atoms with Crippen molar-refractivity contribution in [2.45, 2.75) is 58.3 Å². The molecular weight excluding hydrogens is 269 g/mol. The van der Waals surface area contributed by atoms with Gasteiger partial charge in [-0.2, -0.15) is 0 Å². The van der Waals surface area contributed by atoms with E-state index in [0.717, 1.165) is 42.6 Å². The van der Waals surface area contributed by atoms with Gasteiger partial charge in [-0.1, -0.05) is 6.92 Å². The third-order valence-corrected chi connectivity index (χ3v) is 4.55. The lowest BCUT2D eigenvalue weighted by atomic mass is 9.87. The van der Waals surface area contributed by atoms with Crippen molar-refractivity contribution in [2.24, 2.45) is 5.92 Å². The van der Waals surface area contributed by atoms with Crippen molar-refractivity contribution in [3.63, 3.8) is 0 Å². The lowest BCUT2D eigenvalue weighted by Gasteiger charge is -2.27. The minimum absolute atomic E-state index is 0.0944. The Morgan fingerprint density at radius 2 is 2.05 bits per heavy atom. The molecule has 1 unspecified atom stereocenters. The molecule has 114 valence electrons. The Hall–Kier alpha value is -1.65. The van der Waals surface area contributed by atoms with Crippen LogP contribution >= 0.6 is 0 Å². The predicted molar refractivity (Wildman–Crippen MR) is 81.2 cm³/mol. The molecule has 0 bridgehead atoms. The van der Waals surface area contributed by atoms with Gasteiger partial charge in [-0.15, -0.1) is 0 Å². The first-order chi connectivity index (χ1) is 10.1. The Bertz CT molecular complexity index is 680. The maximum Gasteiger partial charge on any atom is 0.329 e. The second-order valence-electron chi connectivity index (χ2n) is 6.32. The fourth-order valence-corrected chi connectivity index (χ4v) is 3.41. The van der Waals surface area contributed by atoms with Gasteiger partial charge in [0.2, 0.25) is 0 Å². The number of pyridine rings is 1. The molecule has 1 fully saturated rings. The van der Waals surface area contributed by atoms with Crippen LogP contribution in [0.5, 0.6) is 0 Å². The van der Waals surface area contributed by atoms with E-state index in [-0.39, 0.29) is 18.3 Å². The largest absolute Gasteiger partial charge is 0.329 e. The Morgan fingerprint density at radius 1 is 1.33 bits per heavy atom. The Labute approximate surface area is 123 Å². The first kappa shape index (κ1) is 14.3. The monoisotopic (exact) mass is 291 g/mol. The van der Waals surface area contributed by atoms with Crippen LogP contribution in [0.25, 0.3) is 11.0 Å². The molecule has 1 atom stereocenters. The zero-order valence-corrected chi connectivity index (χ0v) is 12.6. The highest BCUT2D eigenvalue weighted by atomic mass is 19.1. The lowest BCUT2D eigenvalue weighted by molar-refractivity contribution is 0.282. The summed E-state index contributed by atoms with van der Waals surface area (Å²) in [5.74, 6) is 0.734. The van der Waals surface area contributed by atoms with Gasteiger partial charge in [0.15, 0.2) is 0 Å². The first-order valence-corrected chi connectivity index (χ1v) is 7.76. The lowest BCUT2D eigenvalue weighted by Crippen LogP contribution is -2.30. The van der Waals surface area contributed by atoms with E-state index in [0.29, 0.717) is 0 Å². The average molecular weight is 291 g/mol. The number of fused-ring (bicyclic) bond motifs is 1. The molecule has 21 heavy (non-hydrogen) atoms. The van der Waals surface area contributed by atoms with Crippen molar-refractivity contribution in [1.29, 1.82) is 0 Å². The summed E-state index contributed by atoms with van der Waals surface area (Å²) in [6.07, 6.45) is 6.66. The topological polar surface area (TPSA) is 39.8 Å². The van der Waals surface area contributed by atoms with Crippen molar-refractivity contribution < 1.29 is 4.39 Å². The van der Waals surface area contributed by atoms with Gasteiger partial charge in [0.05, 0.1) is 23.8 Å². The average Bonchev–Trinajstić information content (AvgIpc) is 2.73. The molecule has 1 aliphatic rings. The number of nitrogens with zero attached hydrogens (tertiary/aromatic N) is 3. The van der Waals surface area contributed by atoms with Crippen molar-refractivity contribution in [1.82, 2.24) is 14.1 Å². The molecule has 0 N–H and O–H groups in total. The highest BCUT2D eigenvalue weighted by Gasteiger charge is 2.25. The van der Waals surface area contributed by atoms with E-state index in [9.17, 15) is 9.18 Å². The fourth-order valence-electron chi connectivity index (χ4n) is 3.41. The van der Waals surface area contributed by atoms with E-state index in [1.807, 2.05) is 10.6 Å². The van der Waals surface area contributed by atoms with Crippen molar-refractivity contribution in [3.05, 3.63) is 28.9 Å². The van der Waals surface area contributed by atoms with E-state index >= 15 is 0 Å². The maximum absolute atomic E-state index is 13.4. The molecule has 0 amide bonds. The van der Waals surface area contributed by atoms with Crippen LogP contribution in [0.15, 0.2) is 23.3 Å². The molecule has 5 heteroatoms. The highest BCUT2D eigenvalue weighted by molar-refractivity contribution is 5.75. The molecule has 0 radical (unpaired) electrons. The fraction of sp³-hybridized carbons (Fsp3) is 0.625. The Morgan fingerprint density at radius 3 is 2.71 bits per heavy atom. The van der Waals surface area contributed by atoms with E-state index in [1.165, 1.54) is 11.5 Å². The normalized spacial score (nSPS) is 24.3. The third-order valence-electron chi connectivity index (χ3n) is 4.55. The van der Waals surface area contributed by atoms with Crippen LogP contribution in [0, 0.1) is 5.92 Å². The van der Waals surface area contributed by atoms with Gasteiger partial charge in [0.1, 0.15) is 6.17 Å². The number of alkyl halides is 1. The molecule has 3 rings (SSSR count). The number of imidazole rings is 1. The molecule has 0 spiro atoms. The number of hydrogen-bond donors (Lipinski definition) is 0. The van der Waals surface area contributed by atoms with Crippen molar-refractivity contribution in [2.75, 3.05) is 0 Å². The van der Waals surface area contributed by atoms with Gasteiger partial charge in [0, 0.05) is 12.2 Å². The van der Waals surface area contributed by atoms with Crippen molar-refractivity contribution in [3.8, 4) is 0 Å². The van der Waals surface area contributed by atoms with E-state index < -0.39 is 6.17 Å². The highest BCUT2D eigenvalue weighted by Crippen LogP contribution is 2.32. The third kappa shape index (κ3) is 2.61. The summed E-state index contributed by atoms with van der Waals surface area (Å²) in [5, 5.41) is 0. The zero-order chi connectivity index (χ0) is 15.0. The smallest absolute Gasteiger partial charge is 0.289 e. The molecule has 0 aliphatic heterocycles. The maximum atomic E-state index is 13.4. The predicted octanol–water partition coefficient (Wildman–Crippen LogP) is 3.31. The minimum Gasteiger partial charge on any atom is -0.289 e. The zero-order valence-electron chi connectivity index (χ0n) is 12.6. The van der Waals surface area contributed by atoms with E-state index in [2.05, 4.69) is 11.9 Å². The SMILES string of the molecule is CC(F)Cn1c(=O)n(C2CCC(C)CC2)c2ccncc21.